The van der Waals surface area contributed by atoms with Gasteiger partial charge in [0, 0.05) is 18.6 Å². The number of nitrogens with zero attached hydrogens (tertiary/aromatic N) is 2. The Labute approximate surface area is 114 Å². The van der Waals surface area contributed by atoms with Crippen molar-refractivity contribution >= 4 is 34.8 Å². The van der Waals surface area contributed by atoms with Crippen LogP contribution in [-0.2, 0) is 0 Å². The van der Waals surface area contributed by atoms with Crippen LogP contribution < -0.4 is 5.32 Å². The Morgan fingerprint density at radius 3 is 2.72 bits per heavy atom. The number of carbonyl (C=O) groups is 1. The van der Waals surface area contributed by atoms with Gasteiger partial charge in [0.25, 0.3) is 5.91 Å². The molecule has 0 aliphatic rings. The standard InChI is InChI=1S/C12H9Cl2N3O/c1-7-2-5-16-11(14)10(7)17-12(18)8-6-15-4-3-9(8)13/h2-6H,1H3,(H,17,18). The summed E-state index contributed by atoms with van der Waals surface area (Å²) < 4.78 is 0. The quantitative estimate of drug-likeness (QED) is 0.859. The molecule has 0 aliphatic carbocycles. The van der Waals surface area contributed by atoms with E-state index in [2.05, 4.69) is 15.3 Å². The normalized spacial score (nSPS) is 10.2. The predicted molar refractivity (Wildman–Crippen MR) is 71.2 cm³/mol. The van der Waals surface area contributed by atoms with Crippen LogP contribution in [0.25, 0.3) is 0 Å². The molecule has 0 saturated heterocycles. The van der Waals surface area contributed by atoms with Crippen molar-refractivity contribution in [3.63, 3.8) is 0 Å². The lowest BCUT2D eigenvalue weighted by atomic mass is 10.2. The van der Waals surface area contributed by atoms with E-state index in [1.807, 2.05) is 6.92 Å². The maximum Gasteiger partial charge on any atom is 0.258 e. The van der Waals surface area contributed by atoms with E-state index >= 15 is 0 Å². The van der Waals surface area contributed by atoms with Gasteiger partial charge in [-0.1, -0.05) is 23.2 Å². The average Bonchev–Trinajstić information content (AvgIpc) is 2.34. The van der Waals surface area contributed by atoms with Crippen LogP contribution in [0.3, 0.4) is 0 Å². The molecule has 0 saturated carbocycles. The highest BCUT2D eigenvalue weighted by Crippen LogP contribution is 2.24. The Balaban J connectivity index is 2.30. The van der Waals surface area contributed by atoms with Gasteiger partial charge >= 0.3 is 0 Å². The summed E-state index contributed by atoms with van der Waals surface area (Å²) in [6, 6.07) is 3.31. The molecule has 0 fully saturated rings. The van der Waals surface area contributed by atoms with E-state index in [9.17, 15) is 4.79 Å². The molecule has 0 aliphatic heterocycles. The van der Waals surface area contributed by atoms with E-state index in [1.54, 1.807) is 18.3 Å². The highest BCUT2D eigenvalue weighted by Gasteiger charge is 2.13. The van der Waals surface area contributed by atoms with E-state index in [4.69, 9.17) is 23.2 Å². The number of aromatic nitrogens is 2. The Morgan fingerprint density at radius 1 is 1.28 bits per heavy atom. The van der Waals surface area contributed by atoms with Crippen LogP contribution >= 0.6 is 23.2 Å². The molecule has 1 amide bonds. The average molecular weight is 282 g/mol. The minimum atomic E-state index is -0.369. The molecule has 0 radical (unpaired) electrons. The molecule has 0 atom stereocenters. The van der Waals surface area contributed by atoms with E-state index < -0.39 is 0 Å². The van der Waals surface area contributed by atoms with Crippen LogP contribution in [0.5, 0.6) is 0 Å². The Kier molecular flexibility index (Phi) is 3.79. The lowest BCUT2D eigenvalue weighted by molar-refractivity contribution is 0.102. The highest BCUT2D eigenvalue weighted by molar-refractivity contribution is 6.35. The second kappa shape index (κ2) is 5.33. The molecule has 2 heterocycles. The van der Waals surface area contributed by atoms with E-state index in [0.717, 1.165) is 5.56 Å². The summed E-state index contributed by atoms with van der Waals surface area (Å²) in [5.74, 6) is -0.369. The number of amides is 1. The van der Waals surface area contributed by atoms with Gasteiger partial charge in [0.2, 0.25) is 0 Å². The monoisotopic (exact) mass is 281 g/mol. The summed E-state index contributed by atoms with van der Waals surface area (Å²) in [6.07, 6.45) is 4.49. The number of pyridine rings is 2. The number of rotatable bonds is 2. The summed E-state index contributed by atoms with van der Waals surface area (Å²) in [5, 5.41) is 3.25. The number of nitrogens with one attached hydrogen (secondary N) is 1. The first kappa shape index (κ1) is 12.8. The van der Waals surface area contributed by atoms with Crippen LogP contribution in [0.4, 0.5) is 5.69 Å². The third-order valence-corrected chi connectivity index (χ3v) is 2.98. The maximum absolute atomic E-state index is 12.0. The topological polar surface area (TPSA) is 54.9 Å². The first-order valence-electron chi connectivity index (χ1n) is 5.11. The lowest BCUT2D eigenvalue weighted by Gasteiger charge is -2.09. The third kappa shape index (κ3) is 2.60. The van der Waals surface area contributed by atoms with Crippen LogP contribution in [-0.4, -0.2) is 15.9 Å². The third-order valence-electron chi connectivity index (χ3n) is 2.36. The molecule has 2 aromatic heterocycles. The molecular formula is C12H9Cl2N3O. The smallest absolute Gasteiger partial charge is 0.258 e. The van der Waals surface area contributed by atoms with Crippen molar-refractivity contribution in [1.29, 1.82) is 0 Å². The number of aryl methyl sites for hydroxylation is 1. The van der Waals surface area contributed by atoms with Crippen LogP contribution in [0.15, 0.2) is 30.7 Å². The van der Waals surface area contributed by atoms with Gasteiger partial charge < -0.3 is 5.32 Å². The largest absolute Gasteiger partial charge is 0.319 e. The summed E-state index contributed by atoms with van der Waals surface area (Å²) in [7, 11) is 0. The van der Waals surface area contributed by atoms with Gasteiger partial charge in [0.05, 0.1) is 16.3 Å². The number of hydrogen-bond acceptors (Lipinski definition) is 3. The molecule has 0 unspecified atom stereocenters. The van der Waals surface area contributed by atoms with Crippen molar-refractivity contribution in [2.75, 3.05) is 5.32 Å². The highest BCUT2D eigenvalue weighted by atomic mass is 35.5. The van der Waals surface area contributed by atoms with E-state index in [-0.39, 0.29) is 11.1 Å². The van der Waals surface area contributed by atoms with Crippen molar-refractivity contribution in [2.24, 2.45) is 0 Å². The Hall–Kier alpha value is -1.65. The molecule has 0 aromatic carbocycles. The van der Waals surface area contributed by atoms with E-state index in [1.165, 1.54) is 12.4 Å². The first-order valence-corrected chi connectivity index (χ1v) is 5.87. The molecule has 1 N–H and O–H groups in total. The number of carbonyl (C=O) groups excluding carboxylic acids is 1. The maximum atomic E-state index is 12.0. The summed E-state index contributed by atoms with van der Waals surface area (Å²) >= 11 is 11.8. The molecule has 4 nitrogen and oxygen atoms in total. The lowest BCUT2D eigenvalue weighted by Crippen LogP contribution is -2.14. The minimum absolute atomic E-state index is 0.239. The van der Waals surface area contributed by atoms with Crippen LogP contribution in [0, 0.1) is 6.92 Å². The second-order valence-electron chi connectivity index (χ2n) is 3.60. The van der Waals surface area contributed by atoms with Gasteiger partial charge in [-0.25, -0.2) is 4.98 Å². The van der Waals surface area contributed by atoms with Gasteiger partial charge in [0.1, 0.15) is 0 Å². The van der Waals surface area contributed by atoms with Crippen molar-refractivity contribution in [1.82, 2.24) is 9.97 Å². The predicted octanol–water partition coefficient (Wildman–Crippen LogP) is 3.34. The number of hydrogen-bond donors (Lipinski definition) is 1. The number of halogens is 2. The van der Waals surface area contributed by atoms with E-state index in [0.29, 0.717) is 16.3 Å². The van der Waals surface area contributed by atoms with Gasteiger partial charge in [-0.05, 0) is 24.6 Å². The minimum Gasteiger partial charge on any atom is -0.319 e. The summed E-state index contributed by atoms with van der Waals surface area (Å²) in [5.41, 5.74) is 1.59. The van der Waals surface area contributed by atoms with Crippen molar-refractivity contribution in [3.8, 4) is 0 Å². The molecular weight excluding hydrogens is 273 g/mol. The van der Waals surface area contributed by atoms with Crippen LogP contribution in [0.1, 0.15) is 15.9 Å². The molecule has 6 heteroatoms. The van der Waals surface area contributed by atoms with Gasteiger partial charge in [-0.15, -0.1) is 0 Å². The van der Waals surface area contributed by atoms with Gasteiger partial charge in [0.15, 0.2) is 5.15 Å². The second-order valence-corrected chi connectivity index (χ2v) is 4.37. The Bertz CT molecular complexity index is 581. The summed E-state index contributed by atoms with van der Waals surface area (Å²) in [4.78, 5) is 19.8. The number of anilines is 1. The van der Waals surface area contributed by atoms with Crippen LogP contribution in [0.2, 0.25) is 10.2 Å². The first-order chi connectivity index (χ1) is 8.59. The fourth-order valence-electron chi connectivity index (χ4n) is 1.40. The molecule has 92 valence electrons. The molecule has 2 aromatic rings. The fourth-order valence-corrected chi connectivity index (χ4v) is 1.84. The molecule has 0 spiro atoms. The van der Waals surface area contributed by atoms with Crippen molar-refractivity contribution in [2.45, 2.75) is 6.92 Å². The molecule has 2 rings (SSSR count). The Morgan fingerprint density at radius 2 is 2.06 bits per heavy atom. The van der Waals surface area contributed by atoms with Crippen molar-refractivity contribution in [3.05, 3.63) is 52.0 Å². The fraction of sp³-hybridized carbons (Fsp3) is 0.0833. The zero-order valence-electron chi connectivity index (χ0n) is 9.45. The van der Waals surface area contributed by atoms with Crippen molar-refractivity contribution < 1.29 is 4.79 Å². The van der Waals surface area contributed by atoms with Gasteiger partial charge in [-0.3, -0.25) is 9.78 Å². The SMILES string of the molecule is Cc1ccnc(Cl)c1NC(=O)c1cnccc1Cl. The molecule has 18 heavy (non-hydrogen) atoms. The summed E-state index contributed by atoms with van der Waals surface area (Å²) in [6.45, 7) is 1.83. The zero-order valence-corrected chi connectivity index (χ0v) is 11.0. The zero-order chi connectivity index (χ0) is 13.1. The molecule has 0 bridgehead atoms. The van der Waals surface area contributed by atoms with Gasteiger partial charge in [-0.2, -0.15) is 0 Å².